The highest BCUT2D eigenvalue weighted by Crippen LogP contribution is 2.46. The SMILES string of the molecule is Oc1ccc(Br)cc1O[C@@H]1C[C@H]2CC[C@H]1C2. The maximum Gasteiger partial charge on any atom is 0.162 e. The molecule has 2 aliphatic rings. The van der Waals surface area contributed by atoms with Gasteiger partial charge in [0.1, 0.15) is 6.10 Å². The van der Waals surface area contributed by atoms with Gasteiger partial charge in [-0.2, -0.15) is 0 Å². The minimum Gasteiger partial charge on any atom is -0.504 e. The van der Waals surface area contributed by atoms with Gasteiger partial charge < -0.3 is 9.84 Å². The van der Waals surface area contributed by atoms with Crippen LogP contribution in [0.25, 0.3) is 0 Å². The first-order valence-corrected chi connectivity index (χ1v) is 6.67. The van der Waals surface area contributed by atoms with Gasteiger partial charge in [0, 0.05) is 4.47 Å². The van der Waals surface area contributed by atoms with Crippen molar-refractivity contribution in [2.75, 3.05) is 0 Å². The summed E-state index contributed by atoms with van der Waals surface area (Å²) in [5, 5.41) is 9.72. The van der Waals surface area contributed by atoms with E-state index < -0.39 is 0 Å². The third-order valence-corrected chi connectivity index (χ3v) is 4.37. The van der Waals surface area contributed by atoms with Crippen LogP contribution in [0.5, 0.6) is 11.5 Å². The lowest BCUT2D eigenvalue weighted by Crippen LogP contribution is -2.23. The van der Waals surface area contributed by atoms with E-state index in [2.05, 4.69) is 15.9 Å². The Labute approximate surface area is 104 Å². The molecule has 0 radical (unpaired) electrons. The fraction of sp³-hybridized carbons (Fsp3) is 0.538. The molecule has 2 nitrogen and oxygen atoms in total. The van der Waals surface area contributed by atoms with E-state index in [0.29, 0.717) is 17.8 Å². The predicted molar refractivity (Wildman–Crippen MR) is 65.7 cm³/mol. The van der Waals surface area contributed by atoms with Crippen molar-refractivity contribution in [3.05, 3.63) is 22.7 Å². The summed E-state index contributed by atoms with van der Waals surface area (Å²) in [5.41, 5.74) is 0. The van der Waals surface area contributed by atoms with Gasteiger partial charge in [0.2, 0.25) is 0 Å². The van der Waals surface area contributed by atoms with Crippen molar-refractivity contribution in [1.29, 1.82) is 0 Å². The molecule has 3 rings (SSSR count). The molecule has 2 fully saturated rings. The van der Waals surface area contributed by atoms with Crippen LogP contribution in [0, 0.1) is 11.8 Å². The number of hydrogen-bond donors (Lipinski definition) is 1. The van der Waals surface area contributed by atoms with E-state index in [0.717, 1.165) is 16.8 Å². The van der Waals surface area contributed by atoms with Gasteiger partial charge in [-0.25, -0.2) is 0 Å². The Bertz CT molecular complexity index is 405. The van der Waals surface area contributed by atoms with Gasteiger partial charge in [-0.05, 0) is 55.7 Å². The van der Waals surface area contributed by atoms with Crippen LogP contribution in [-0.2, 0) is 0 Å². The molecule has 2 bridgehead atoms. The van der Waals surface area contributed by atoms with Crippen molar-refractivity contribution in [2.24, 2.45) is 11.8 Å². The summed E-state index contributed by atoms with van der Waals surface area (Å²) in [4.78, 5) is 0. The van der Waals surface area contributed by atoms with Crippen LogP contribution in [0.15, 0.2) is 22.7 Å². The van der Waals surface area contributed by atoms with Crippen LogP contribution >= 0.6 is 15.9 Å². The molecule has 86 valence electrons. The number of hydrogen-bond acceptors (Lipinski definition) is 2. The van der Waals surface area contributed by atoms with E-state index in [-0.39, 0.29) is 5.75 Å². The molecular weight excluding hydrogens is 268 g/mol. The Morgan fingerprint density at radius 3 is 2.81 bits per heavy atom. The Kier molecular flexibility index (Phi) is 2.58. The number of rotatable bonds is 2. The second kappa shape index (κ2) is 3.95. The largest absolute Gasteiger partial charge is 0.504 e. The number of halogens is 1. The van der Waals surface area contributed by atoms with Crippen molar-refractivity contribution >= 4 is 15.9 Å². The highest BCUT2D eigenvalue weighted by atomic mass is 79.9. The van der Waals surface area contributed by atoms with Gasteiger partial charge in [0.25, 0.3) is 0 Å². The van der Waals surface area contributed by atoms with Gasteiger partial charge in [-0.15, -0.1) is 0 Å². The highest BCUT2D eigenvalue weighted by Gasteiger charge is 2.41. The third kappa shape index (κ3) is 1.81. The highest BCUT2D eigenvalue weighted by molar-refractivity contribution is 9.10. The lowest BCUT2D eigenvalue weighted by molar-refractivity contribution is 0.134. The Morgan fingerprint density at radius 1 is 1.25 bits per heavy atom. The molecule has 3 heteroatoms. The monoisotopic (exact) mass is 282 g/mol. The molecular formula is C13H15BrO2. The molecule has 1 aromatic carbocycles. The number of benzene rings is 1. The zero-order valence-electron chi connectivity index (χ0n) is 9.03. The molecule has 16 heavy (non-hydrogen) atoms. The lowest BCUT2D eigenvalue weighted by Gasteiger charge is -2.23. The van der Waals surface area contributed by atoms with E-state index in [1.807, 2.05) is 12.1 Å². The molecule has 0 unspecified atom stereocenters. The first kappa shape index (κ1) is 10.5. The molecule has 0 heterocycles. The van der Waals surface area contributed by atoms with Gasteiger partial charge in [-0.3, -0.25) is 0 Å². The second-order valence-electron chi connectivity index (χ2n) is 4.94. The van der Waals surface area contributed by atoms with Crippen LogP contribution in [-0.4, -0.2) is 11.2 Å². The number of phenols is 1. The molecule has 1 aromatic rings. The minimum absolute atomic E-state index is 0.242. The fourth-order valence-electron chi connectivity index (χ4n) is 3.08. The average Bonchev–Trinajstić information content (AvgIpc) is 2.85. The summed E-state index contributed by atoms with van der Waals surface area (Å²) in [7, 11) is 0. The summed E-state index contributed by atoms with van der Waals surface area (Å²) in [6.07, 6.45) is 5.47. The zero-order chi connectivity index (χ0) is 11.1. The second-order valence-corrected chi connectivity index (χ2v) is 5.86. The van der Waals surface area contributed by atoms with E-state index in [1.165, 1.54) is 19.3 Å². The maximum absolute atomic E-state index is 9.72. The molecule has 0 aromatic heterocycles. The van der Waals surface area contributed by atoms with Crippen LogP contribution in [0.3, 0.4) is 0 Å². The Morgan fingerprint density at radius 2 is 2.12 bits per heavy atom. The van der Waals surface area contributed by atoms with Crippen molar-refractivity contribution in [1.82, 2.24) is 0 Å². The summed E-state index contributed by atoms with van der Waals surface area (Å²) in [6.45, 7) is 0. The minimum atomic E-state index is 0.242. The van der Waals surface area contributed by atoms with E-state index in [9.17, 15) is 5.11 Å². The fourth-order valence-corrected chi connectivity index (χ4v) is 3.42. The summed E-state index contributed by atoms with van der Waals surface area (Å²) in [5.74, 6) is 2.44. The number of aromatic hydroxyl groups is 1. The van der Waals surface area contributed by atoms with Crippen molar-refractivity contribution < 1.29 is 9.84 Å². The molecule has 2 aliphatic carbocycles. The first-order valence-electron chi connectivity index (χ1n) is 5.87. The summed E-state index contributed by atoms with van der Waals surface area (Å²) < 4.78 is 6.89. The number of ether oxygens (including phenoxy) is 1. The predicted octanol–water partition coefficient (Wildman–Crippen LogP) is 3.72. The molecule has 2 saturated carbocycles. The van der Waals surface area contributed by atoms with Gasteiger partial charge in [0.15, 0.2) is 11.5 Å². The van der Waals surface area contributed by atoms with Crippen LogP contribution in [0.4, 0.5) is 0 Å². The van der Waals surface area contributed by atoms with Gasteiger partial charge in [0.05, 0.1) is 0 Å². The molecule has 0 aliphatic heterocycles. The maximum atomic E-state index is 9.72. The molecule has 3 atom stereocenters. The molecule has 0 saturated heterocycles. The van der Waals surface area contributed by atoms with Gasteiger partial charge >= 0.3 is 0 Å². The molecule has 0 spiro atoms. The van der Waals surface area contributed by atoms with Crippen molar-refractivity contribution in [2.45, 2.75) is 31.8 Å². The van der Waals surface area contributed by atoms with Crippen LogP contribution in [0.2, 0.25) is 0 Å². The quantitative estimate of drug-likeness (QED) is 0.896. The van der Waals surface area contributed by atoms with E-state index >= 15 is 0 Å². The topological polar surface area (TPSA) is 29.5 Å². The molecule has 1 N–H and O–H groups in total. The molecule has 0 amide bonds. The lowest BCUT2D eigenvalue weighted by atomic mass is 9.98. The summed E-state index contributed by atoms with van der Waals surface area (Å²) >= 11 is 3.40. The van der Waals surface area contributed by atoms with E-state index in [4.69, 9.17) is 4.74 Å². The summed E-state index contributed by atoms with van der Waals surface area (Å²) in [6, 6.07) is 5.34. The number of fused-ring (bicyclic) bond motifs is 2. The zero-order valence-corrected chi connectivity index (χ0v) is 10.6. The Hall–Kier alpha value is -0.700. The first-order chi connectivity index (χ1) is 7.72. The van der Waals surface area contributed by atoms with E-state index in [1.54, 1.807) is 6.07 Å². The number of phenolic OH excluding ortho intramolecular Hbond substituents is 1. The normalized spacial score (nSPS) is 31.9. The van der Waals surface area contributed by atoms with Crippen LogP contribution < -0.4 is 4.74 Å². The van der Waals surface area contributed by atoms with Crippen molar-refractivity contribution in [3.63, 3.8) is 0 Å². The smallest absolute Gasteiger partial charge is 0.162 e. The van der Waals surface area contributed by atoms with Crippen LogP contribution in [0.1, 0.15) is 25.7 Å². The Balaban J connectivity index is 1.76. The van der Waals surface area contributed by atoms with Gasteiger partial charge in [-0.1, -0.05) is 15.9 Å². The van der Waals surface area contributed by atoms with Crippen molar-refractivity contribution in [3.8, 4) is 11.5 Å². The standard InChI is InChI=1S/C13H15BrO2/c14-10-3-4-11(15)13(7-10)16-12-6-8-1-2-9(12)5-8/h3-4,7-9,12,15H,1-2,5-6H2/t8-,9-,12+/m0/s1. The third-order valence-electron chi connectivity index (χ3n) is 3.87. The average molecular weight is 283 g/mol.